The number of ether oxygens (including phenoxy) is 3. The zero-order chi connectivity index (χ0) is 24.2. The van der Waals surface area contributed by atoms with Crippen LogP contribution in [0.25, 0.3) is 0 Å². The third-order valence-electron chi connectivity index (χ3n) is 5.76. The molecule has 0 unspecified atom stereocenters. The van der Waals surface area contributed by atoms with Gasteiger partial charge in [0.2, 0.25) is 0 Å². The zero-order valence-electron chi connectivity index (χ0n) is 19.2. The number of ketones is 1. The van der Waals surface area contributed by atoms with E-state index in [0.717, 1.165) is 11.4 Å². The fraction of sp³-hybridized carbons (Fsp3) is 0.375. The Morgan fingerprint density at radius 3 is 2.21 bits per heavy atom. The molecule has 0 aliphatic carbocycles. The number of anilines is 3. The maximum atomic E-state index is 12.3. The SMILES string of the molecule is CC(=O)c1ccc(NC(=O)O[C@H]2CO[C@@H]3[C@@H]2OC[C@@H]3NC(=S)Nc2ccc(N(C)C)cc2)cc1. The summed E-state index contributed by atoms with van der Waals surface area (Å²) in [5.41, 5.74) is 3.08. The topological polar surface area (TPSA) is 101 Å². The van der Waals surface area contributed by atoms with Crippen LogP contribution in [0.3, 0.4) is 0 Å². The van der Waals surface area contributed by atoms with Gasteiger partial charge >= 0.3 is 6.09 Å². The van der Waals surface area contributed by atoms with Crippen LogP contribution < -0.4 is 20.9 Å². The van der Waals surface area contributed by atoms with Crippen molar-refractivity contribution in [1.82, 2.24) is 5.32 Å². The van der Waals surface area contributed by atoms with Crippen LogP contribution in [0, 0.1) is 0 Å². The second kappa shape index (κ2) is 10.4. The minimum Gasteiger partial charge on any atom is -0.441 e. The van der Waals surface area contributed by atoms with Crippen molar-refractivity contribution in [2.75, 3.05) is 42.8 Å². The Hall–Kier alpha value is -3.21. The molecule has 2 aliphatic rings. The molecule has 10 heteroatoms. The lowest BCUT2D eigenvalue weighted by Crippen LogP contribution is -2.46. The molecule has 0 bridgehead atoms. The normalized spacial score (nSPS) is 23.0. The molecule has 0 spiro atoms. The van der Waals surface area contributed by atoms with Crippen LogP contribution in [-0.2, 0) is 14.2 Å². The lowest BCUT2D eigenvalue weighted by atomic mass is 10.1. The smallest absolute Gasteiger partial charge is 0.412 e. The first-order valence-electron chi connectivity index (χ1n) is 11.0. The standard InChI is InChI=1S/C24H28N4O5S/c1-14(29)15-4-6-17(7-5-15)26-24(30)33-20-13-32-21-19(12-31-22(20)21)27-23(34)25-16-8-10-18(11-9-16)28(2)3/h4-11,19-22H,12-13H2,1-3H3,(H,26,30)(H2,25,27,34)/t19-,20-,21-,22+/m0/s1. The van der Waals surface area contributed by atoms with E-state index in [1.165, 1.54) is 6.92 Å². The number of nitrogens with zero attached hydrogens (tertiary/aromatic N) is 1. The summed E-state index contributed by atoms with van der Waals surface area (Å²) in [6.07, 6.45) is -1.81. The van der Waals surface area contributed by atoms with Crippen molar-refractivity contribution in [2.45, 2.75) is 31.3 Å². The summed E-state index contributed by atoms with van der Waals surface area (Å²) in [5.74, 6) is -0.0401. The number of benzene rings is 2. The highest BCUT2D eigenvalue weighted by Crippen LogP contribution is 2.29. The van der Waals surface area contributed by atoms with E-state index in [4.69, 9.17) is 26.4 Å². The molecule has 2 aliphatic heterocycles. The fourth-order valence-corrected chi connectivity index (χ4v) is 4.21. The van der Waals surface area contributed by atoms with Gasteiger partial charge in [0.25, 0.3) is 0 Å². The zero-order valence-corrected chi connectivity index (χ0v) is 20.1. The Kier molecular flexibility index (Phi) is 7.30. The van der Waals surface area contributed by atoms with Gasteiger partial charge in [-0.25, -0.2) is 4.79 Å². The minimum absolute atomic E-state index is 0.0401. The molecule has 2 saturated heterocycles. The van der Waals surface area contributed by atoms with E-state index < -0.39 is 12.2 Å². The number of carbonyl (C=O) groups excluding carboxylic acids is 2. The lowest BCUT2D eigenvalue weighted by molar-refractivity contribution is 0.00880. The van der Waals surface area contributed by atoms with Crippen LogP contribution in [0.15, 0.2) is 48.5 Å². The molecule has 2 fully saturated rings. The highest BCUT2D eigenvalue weighted by molar-refractivity contribution is 7.80. The Balaban J connectivity index is 1.26. The minimum atomic E-state index is -0.608. The van der Waals surface area contributed by atoms with E-state index in [9.17, 15) is 9.59 Å². The lowest BCUT2D eigenvalue weighted by Gasteiger charge is -2.20. The van der Waals surface area contributed by atoms with E-state index in [1.54, 1.807) is 24.3 Å². The van der Waals surface area contributed by atoms with Crippen molar-refractivity contribution < 1.29 is 23.8 Å². The molecule has 2 aromatic carbocycles. The fourth-order valence-electron chi connectivity index (χ4n) is 3.94. The van der Waals surface area contributed by atoms with Gasteiger partial charge in [-0.2, -0.15) is 0 Å². The van der Waals surface area contributed by atoms with Gasteiger partial charge in [0.15, 0.2) is 17.0 Å². The third kappa shape index (κ3) is 5.64. The van der Waals surface area contributed by atoms with Crippen LogP contribution in [0.1, 0.15) is 17.3 Å². The average molecular weight is 485 g/mol. The van der Waals surface area contributed by atoms with Crippen molar-refractivity contribution in [3.8, 4) is 0 Å². The van der Waals surface area contributed by atoms with Crippen LogP contribution in [0.2, 0.25) is 0 Å². The van der Waals surface area contributed by atoms with Gasteiger partial charge < -0.3 is 29.7 Å². The quantitative estimate of drug-likeness (QED) is 0.422. The van der Waals surface area contributed by atoms with Crippen LogP contribution in [0.5, 0.6) is 0 Å². The summed E-state index contributed by atoms with van der Waals surface area (Å²) in [7, 11) is 3.97. The number of amides is 1. The number of hydrogen-bond acceptors (Lipinski definition) is 7. The monoisotopic (exact) mass is 484 g/mol. The average Bonchev–Trinajstić information content (AvgIpc) is 3.38. The van der Waals surface area contributed by atoms with E-state index in [0.29, 0.717) is 23.0 Å². The van der Waals surface area contributed by atoms with Crippen molar-refractivity contribution in [1.29, 1.82) is 0 Å². The molecule has 2 heterocycles. The summed E-state index contributed by atoms with van der Waals surface area (Å²) < 4.78 is 17.3. The van der Waals surface area contributed by atoms with Gasteiger partial charge in [-0.15, -0.1) is 0 Å². The van der Waals surface area contributed by atoms with Crippen LogP contribution in [0.4, 0.5) is 21.9 Å². The number of carbonyl (C=O) groups is 2. The highest BCUT2D eigenvalue weighted by atomic mass is 32.1. The molecule has 1 amide bonds. The Morgan fingerprint density at radius 1 is 0.941 bits per heavy atom. The largest absolute Gasteiger partial charge is 0.441 e. The van der Waals surface area contributed by atoms with E-state index in [-0.39, 0.29) is 30.6 Å². The maximum Gasteiger partial charge on any atom is 0.412 e. The van der Waals surface area contributed by atoms with Gasteiger partial charge in [0.1, 0.15) is 12.2 Å². The summed E-state index contributed by atoms with van der Waals surface area (Å²) in [6, 6.07) is 14.4. The second-order valence-electron chi connectivity index (χ2n) is 8.44. The van der Waals surface area contributed by atoms with Gasteiger partial charge in [0.05, 0.1) is 19.3 Å². The number of fused-ring (bicyclic) bond motifs is 1. The van der Waals surface area contributed by atoms with Crippen LogP contribution in [-0.4, -0.2) is 68.7 Å². The van der Waals surface area contributed by atoms with Crippen molar-refractivity contribution >= 4 is 46.3 Å². The van der Waals surface area contributed by atoms with E-state index in [1.807, 2.05) is 43.3 Å². The molecule has 9 nitrogen and oxygen atoms in total. The number of nitrogens with one attached hydrogen (secondary N) is 3. The van der Waals surface area contributed by atoms with E-state index >= 15 is 0 Å². The molecule has 34 heavy (non-hydrogen) atoms. The molecule has 0 saturated carbocycles. The molecular formula is C24H28N4O5S. The molecule has 4 rings (SSSR count). The molecule has 180 valence electrons. The summed E-state index contributed by atoms with van der Waals surface area (Å²) in [4.78, 5) is 25.7. The molecular weight excluding hydrogens is 456 g/mol. The Morgan fingerprint density at radius 2 is 1.56 bits per heavy atom. The van der Waals surface area contributed by atoms with Gasteiger partial charge in [-0.1, -0.05) is 0 Å². The Bertz CT molecular complexity index is 1040. The third-order valence-corrected chi connectivity index (χ3v) is 5.98. The van der Waals surface area contributed by atoms with Crippen molar-refractivity contribution in [2.24, 2.45) is 0 Å². The molecule has 3 N–H and O–H groups in total. The first-order chi connectivity index (χ1) is 16.3. The highest BCUT2D eigenvalue weighted by Gasteiger charge is 2.49. The summed E-state index contributed by atoms with van der Waals surface area (Å²) >= 11 is 5.45. The number of Topliss-reactive ketones (excluding diaryl/α,β-unsaturated/α-hetero) is 1. The second-order valence-corrected chi connectivity index (χ2v) is 8.85. The number of thiocarbonyl (C=S) groups is 1. The van der Waals surface area contributed by atoms with Crippen molar-refractivity contribution in [3.63, 3.8) is 0 Å². The first-order valence-corrected chi connectivity index (χ1v) is 11.4. The predicted molar refractivity (Wildman–Crippen MR) is 134 cm³/mol. The van der Waals surface area contributed by atoms with Gasteiger partial charge in [0, 0.05) is 36.7 Å². The first kappa shape index (κ1) is 23.9. The van der Waals surface area contributed by atoms with E-state index in [2.05, 4.69) is 16.0 Å². The predicted octanol–water partition coefficient (Wildman–Crippen LogP) is 3.03. The summed E-state index contributed by atoms with van der Waals surface area (Å²) in [5, 5.41) is 9.54. The molecule has 4 atom stereocenters. The number of rotatable bonds is 6. The molecule has 0 aromatic heterocycles. The Labute approximate surface area is 203 Å². The van der Waals surface area contributed by atoms with Crippen LogP contribution >= 0.6 is 12.2 Å². The molecule has 0 radical (unpaired) electrons. The van der Waals surface area contributed by atoms with Gasteiger partial charge in [-0.05, 0) is 67.7 Å². The molecule has 2 aromatic rings. The van der Waals surface area contributed by atoms with Crippen molar-refractivity contribution in [3.05, 3.63) is 54.1 Å². The maximum absolute atomic E-state index is 12.3. The number of hydrogen-bond donors (Lipinski definition) is 3. The summed E-state index contributed by atoms with van der Waals surface area (Å²) in [6.45, 7) is 2.10. The van der Waals surface area contributed by atoms with Gasteiger partial charge in [-0.3, -0.25) is 10.1 Å².